The molecule has 0 spiro atoms. The van der Waals surface area contributed by atoms with Crippen LogP contribution in [0.25, 0.3) is 0 Å². The molecule has 1 aliphatic carbocycles. The minimum atomic E-state index is -4.48. The van der Waals surface area contributed by atoms with Crippen LogP contribution >= 0.6 is 0 Å². The maximum absolute atomic E-state index is 12.7. The van der Waals surface area contributed by atoms with Crippen molar-refractivity contribution in [1.82, 2.24) is 14.7 Å². The van der Waals surface area contributed by atoms with Crippen LogP contribution in [0.3, 0.4) is 0 Å². The standard InChI is InChI=1S/C20H19F3N6O2/c21-20(22,23)10-28-8-12-7-13(3-4-14(12)19(28)31)26-18-15(17(25)30)9-29(27-18)16(5-6-24)11-1-2-11/h3-4,7,9,11,16H,1-2,5,8,10H2,(H2,25,30)(H,26,27). The van der Waals surface area contributed by atoms with Gasteiger partial charge in [-0.3, -0.25) is 14.3 Å². The molecule has 0 saturated heterocycles. The number of primary amides is 1. The van der Waals surface area contributed by atoms with E-state index in [1.807, 2.05) is 0 Å². The third-order valence-electron chi connectivity index (χ3n) is 5.42. The topological polar surface area (TPSA) is 117 Å². The fraction of sp³-hybridized carbons (Fsp3) is 0.400. The van der Waals surface area contributed by atoms with Crippen molar-refractivity contribution in [3.8, 4) is 6.07 Å². The second-order valence-electron chi connectivity index (χ2n) is 7.78. The van der Waals surface area contributed by atoms with Crippen LogP contribution in [0.1, 0.15) is 51.6 Å². The number of anilines is 2. The van der Waals surface area contributed by atoms with Gasteiger partial charge in [-0.25, -0.2) is 0 Å². The number of nitrogens with two attached hydrogens (primary N) is 1. The van der Waals surface area contributed by atoms with E-state index in [1.54, 1.807) is 10.7 Å². The summed E-state index contributed by atoms with van der Waals surface area (Å²) in [6.45, 7) is -1.48. The van der Waals surface area contributed by atoms with Gasteiger partial charge < -0.3 is 16.0 Å². The molecule has 0 bridgehead atoms. The van der Waals surface area contributed by atoms with Crippen LogP contribution in [0.15, 0.2) is 24.4 Å². The molecule has 1 saturated carbocycles. The highest BCUT2D eigenvalue weighted by atomic mass is 19.4. The van der Waals surface area contributed by atoms with Crippen LogP contribution in [0.5, 0.6) is 0 Å². The highest BCUT2D eigenvalue weighted by molar-refractivity contribution is 6.00. The first-order valence-electron chi connectivity index (χ1n) is 9.68. The van der Waals surface area contributed by atoms with E-state index in [2.05, 4.69) is 16.5 Å². The van der Waals surface area contributed by atoms with Crippen LogP contribution in [0.4, 0.5) is 24.7 Å². The number of alkyl halides is 3. The Bertz CT molecular complexity index is 1080. The zero-order chi connectivity index (χ0) is 22.3. The Kier molecular flexibility index (Phi) is 5.08. The number of benzene rings is 1. The monoisotopic (exact) mass is 432 g/mol. The van der Waals surface area contributed by atoms with Gasteiger partial charge in [0.25, 0.3) is 11.8 Å². The molecular weight excluding hydrogens is 413 g/mol. The minimum Gasteiger partial charge on any atom is -0.365 e. The number of hydrogen-bond acceptors (Lipinski definition) is 5. The van der Waals surface area contributed by atoms with Gasteiger partial charge in [0, 0.05) is 24.0 Å². The normalized spacial score (nSPS) is 16.7. The molecule has 11 heteroatoms. The molecule has 4 rings (SSSR count). The predicted octanol–water partition coefficient (Wildman–Crippen LogP) is 3.11. The van der Waals surface area contributed by atoms with Gasteiger partial charge in [0.2, 0.25) is 0 Å². The fourth-order valence-electron chi connectivity index (χ4n) is 3.82. The van der Waals surface area contributed by atoms with Crippen molar-refractivity contribution in [2.24, 2.45) is 11.7 Å². The molecule has 1 aliphatic heterocycles. The number of halogens is 3. The Balaban J connectivity index is 1.58. The molecule has 0 radical (unpaired) electrons. The molecule has 2 heterocycles. The van der Waals surface area contributed by atoms with Crippen molar-refractivity contribution in [3.63, 3.8) is 0 Å². The number of rotatable bonds is 7. The van der Waals surface area contributed by atoms with Crippen molar-refractivity contribution < 1.29 is 22.8 Å². The van der Waals surface area contributed by atoms with Crippen LogP contribution in [0, 0.1) is 17.2 Å². The van der Waals surface area contributed by atoms with Gasteiger partial charge in [-0.2, -0.15) is 23.5 Å². The minimum absolute atomic E-state index is 0.138. The van der Waals surface area contributed by atoms with Gasteiger partial charge in [-0.05, 0) is 42.5 Å². The average Bonchev–Trinajstić information content (AvgIpc) is 3.37. The molecule has 1 aromatic carbocycles. The van der Waals surface area contributed by atoms with E-state index >= 15 is 0 Å². The van der Waals surface area contributed by atoms with E-state index in [0.717, 1.165) is 17.7 Å². The van der Waals surface area contributed by atoms with E-state index in [1.165, 1.54) is 18.3 Å². The van der Waals surface area contributed by atoms with Gasteiger partial charge in [-0.1, -0.05) is 0 Å². The summed E-state index contributed by atoms with van der Waals surface area (Å²) in [4.78, 5) is 24.8. The number of hydrogen-bond donors (Lipinski definition) is 2. The Labute approximate surface area is 175 Å². The Morgan fingerprint density at radius 3 is 2.74 bits per heavy atom. The van der Waals surface area contributed by atoms with Gasteiger partial charge in [0.1, 0.15) is 12.1 Å². The highest BCUT2D eigenvalue weighted by Crippen LogP contribution is 2.41. The second-order valence-corrected chi connectivity index (χ2v) is 7.78. The lowest BCUT2D eigenvalue weighted by Crippen LogP contribution is -2.34. The predicted molar refractivity (Wildman–Crippen MR) is 103 cm³/mol. The first-order chi connectivity index (χ1) is 14.7. The fourth-order valence-corrected chi connectivity index (χ4v) is 3.82. The number of carbonyl (C=O) groups excluding carboxylic acids is 2. The summed E-state index contributed by atoms with van der Waals surface area (Å²) in [5, 5.41) is 16.5. The van der Waals surface area contributed by atoms with E-state index in [-0.39, 0.29) is 36.0 Å². The molecule has 8 nitrogen and oxygen atoms in total. The van der Waals surface area contributed by atoms with E-state index < -0.39 is 24.5 Å². The van der Waals surface area contributed by atoms with E-state index in [9.17, 15) is 22.8 Å². The highest BCUT2D eigenvalue weighted by Gasteiger charge is 2.37. The van der Waals surface area contributed by atoms with Crippen molar-refractivity contribution >= 4 is 23.3 Å². The molecule has 162 valence electrons. The molecule has 2 amide bonds. The molecular formula is C20H19F3N6O2. The summed E-state index contributed by atoms with van der Waals surface area (Å²) in [5.74, 6) is -0.871. The molecule has 2 aliphatic rings. The summed E-state index contributed by atoms with van der Waals surface area (Å²) in [5.41, 5.74) is 6.72. The summed E-state index contributed by atoms with van der Waals surface area (Å²) in [6.07, 6.45) is -0.765. The van der Waals surface area contributed by atoms with Crippen LogP contribution in [-0.4, -0.2) is 39.2 Å². The molecule has 2 aromatic rings. The quantitative estimate of drug-likeness (QED) is 0.697. The number of fused-ring (bicyclic) bond motifs is 1. The number of nitrogens with zero attached hydrogens (tertiary/aromatic N) is 4. The zero-order valence-corrected chi connectivity index (χ0v) is 16.3. The largest absolute Gasteiger partial charge is 0.406 e. The third kappa shape index (κ3) is 4.33. The third-order valence-corrected chi connectivity index (χ3v) is 5.42. The molecule has 3 N–H and O–H groups in total. The number of carbonyl (C=O) groups is 2. The molecule has 1 unspecified atom stereocenters. The Hall–Kier alpha value is -3.55. The number of aromatic nitrogens is 2. The summed E-state index contributed by atoms with van der Waals surface area (Å²) < 4.78 is 39.7. The Morgan fingerprint density at radius 1 is 1.39 bits per heavy atom. The van der Waals surface area contributed by atoms with Crippen molar-refractivity contribution in [2.75, 3.05) is 11.9 Å². The van der Waals surface area contributed by atoms with Gasteiger partial charge in [-0.15, -0.1) is 0 Å². The lowest BCUT2D eigenvalue weighted by atomic mass is 10.1. The molecule has 1 aromatic heterocycles. The first-order valence-corrected chi connectivity index (χ1v) is 9.68. The van der Waals surface area contributed by atoms with Crippen molar-refractivity contribution in [3.05, 3.63) is 41.1 Å². The van der Waals surface area contributed by atoms with E-state index in [0.29, 0.717) is 17.2 Å². The van der Waals surface area contributed by atoms with E-state index in [4.69, 9.17) is 11.0 Å². The average molecular weight is 432 g/mol. The maximum Gasteiger partial charge on any atom is 0.406 e. The molecule has 31 heavy (non-hydrogen) atoms. The number of nitriles is 1. The van der Waals surface area contributed by atoms with Crippen molar-refractivity contribution in [1.29, 1.82) is 5.26 Å². The molecule has 1 atom stereocenters. The first kappa shape index (κ1) is 20.7. The van der Waals surface area contributed by atoms with Gasteiger partial charge in [0.15, 0.2) is 5.82 Å². The SMILES string of the molecule is N#CCC(C1CC1)n1cc(C(N)=O)c(Nc2ccc3c(c2)CN(CC(F)(F)F)C3=O)n1. The van der Waals surface area contributed by atoms with Crippen LogP contribution in [0.2, 0.25) is 0 Å². The smallest absolute Gasteiger partial charge is 0.365 e. The Morgan fingerprint density at radius 2 is 2.13 bits per heavy atom. The van der Waals surface area contributed by atoms with Crippen LogP contribution in [-0.2, 0) is 6.54 Å². The zero-order valence-electron chi connectivity index (χ0n) is 16.3. The van der Waals surface area contributed by atoms with Crippen LogP contribution < -0.4 is 11.1 Å². The number of nitrogens with one attached hydrogen (secondary N) is 1. The van der Waals surface area contributed by atoms with Crippen molar-refractivity contribution in [2.45, 2.75) is 38.0 Å². The molecule has 1 fully saturated rings. The number of amides is 2. The summed E-state index contributed by atoms with van der Waals surface area (Å²) in [6, 6.07) is 6.51. The second kappa shape index (κ2) is 7.61. The lowest BCUT2D eigenvalue weighted by molar-refractivity contribution is -0.140. The maximum atomic E-state index is 12.7. The summed E-state index contributed by atoms with van der Waals surface area (Å²) >= 11 is 0. The lowest BCUT2D eigenvalue weighted by Gasteiger charge is -2.17. The summed E-state index contributed by atoms with van der Waals surface area (Å²) in [7, 11) is 0. The van der Waals surface area contributed by atoms with Gasteiger partial charge in [0.05, 0.1) is 18.5 Å². The van der Waals surface area contributed by atoms with Gasteiger partial charge >= 0.3 is 6.18 Å².